The maximum atomic E-state index is 13.0. The minimum absolute atomic E-state index is 0.147. The Balaban J connectivity index is 1.77. The fraction of sp³-hybridized carbons (Fsp3) is 0.579. The number of hydrogen-bond acceptors (Lipinski definition) is 11. The molecule has 1 aromatic rings. The van der Waals surface area contributed by atoms with Gasteiger partial charge in [0.25, 0.3) is 10.2 Å². The van der Waals surface area contributed by atoms with Gasteiger partial charge in [-0.1, -0.05) is 0 Å². The van der Waals surface area contributed by atoms with Crippen molar-refractivity contribution in [2.24, 2.45) is 0 Å². The second-order valence-corrected chi connectivity index (χ2v) is 8.25. The van der Waals surface area contributed by atoms with E-state index in [4.69, 9.17) is 4.74 Å². The van der Waals surface area contributed by atoms with Gasteiger partial charge in [0, 0.05) is 25.2 Å². The lowest BCUT2D eigenvalue weighted by atomic mass is 9.84. The third-order valence-electron chi connectivity index (χ3n) is 5.58. The Morgan fingerprint density at radius 3 is 2.67 bits per heavy atom. The average Bonchev–Trinajstić information content (AvgIpc) is 2.73. The molecule has 0 saturated carbocycles. The molecule has 2 aliphatic heterocycles. The quantitative estimate of drug-likeness (QED) is 0.405. The van der Waals surface area contributed by atoms with Crippen LogP contribution >= 0.6 is 0 Å². The van der Waals surface area contributed by atoms with Gasteiger partial charge in [0.05, 0.1) is 24.2 Å². The number of nitriles is 1. The number of benzene rings is 1. The highest BCUT2D eigenvalue weighted by atomic mass is 17.0. The Labute approximate surface area is 188 Å². The van der Waals surface area contributed by atoms with E-state index in [2.05, 4.69) is 9.68 Å². The number of rotatable bonds is 8. The molecule has 0 aromatic heterocycles. The molecule has 1 aromatic carbocycles. The summed E-state index contributed by atoms with van der Waals surface area (Å²) in [5.74, 6) is 0.0901. The summed E-state index contributed by atoms with van der Waals surface area (Å²) in [6, 6.07) is 6.06. The van der Waals surface area contributed by atoms with Crippen molar-refractivity contribution in [3.05, 3.63) is 49.6 Å². The lowest BCUT2D eigenvalue weighted by Gasteiger charge is -2.48. The van der Waals surface area contributed by atoms with E-state index < -0.39 is 40.6 Å². The van der Waals surface area contributed by atoms with Gasteiger partial charge in [-0.3, -0.25) is 9.69 Å². The highest BCUT2D eigenvalue weighted by Crippen LogP contribution is 2.43. The van der Waals surface area contributed by atoms with Crippen LogP contribution in [0.15, 0.2) is 18.2 Å². The Morgan fingerprint density at radius 2 is 2.06 bits per heavy atom. The molecule has 1 unspecified atom stereocenters. The molecule has 1 saturated heterocycles. The first-order chi connectivity index (χ1) is 15.5. The molecule has 33 heavy (non-hydrogen) atoms. The van der Waals surface area contributed by atoms with Crippen molar-refractivity contribution in [2.75, 3.05) is 32.8 Å². The average molecular weight is 465 g/mol. The topological polar surface area (TPSA) is 182 Å². The number of nitrogens with zero attached hydrogens (tertiary/aromatic N) is 5. The third-order valence-corrected chi connectivity index (χ3v) is 5.58. The van der Waals surface area contributed by atoms with Gasteiger partial charge in [0.2, 0.25) is 5.91 Å². The molecular formula is C19H23N5O9. The van der Waals surface area contributed by atoms with Crippen LogP contribution in [-0.2, 0) is 14.5 Å². The molecule has 3 atom stereocenters. The van der Waals surface area contributed by atoms with Gasteiger partial charge in [-0.2, -0.15) is 5.26 Å². The number of amides is 1. The number of fused-ring (bicyclic) bond motifs is 1. The van der Waals surface area contributed by atoms with Crippen molar-refractivity contribution in [3.8, 4) is 11.8 Å². The second-order valence-electron chi connectivity index (χ2n) is 8.25. The van der Waals surface area contributed by atoms with Crippen LogP contribution in [-0.4, -0.2) is 81.6 Å². The van der Waals surface area contributed by atoms with Gasteiger partial charge < -0.3 is 24.4 Å². The van der Waals surface area contributed by atoms with Gasteiger partial charge in [-0.05, 0) is 32.0 Å². The Kier molecular flexibility index (Phi) is 6.84. The number of piperazine rings is 1. The number of carbonyl (C=O) groups is 1. The van der Waals surface area contributed by atoms with Crippen LogP contribution in [0.2, 0.25) is 0 Å². The molecule has 0 spiro atoms. The van der Waals surface area contributed by atoms with E-state index in [0.29, 0.717) is 16.9 Å². The Hall–Kier alpha value is -3.70. The van der Waals surface area contributed by atoms with E-state index in [-0.39, 0.29) is 32.1 Å². The summed E-state index contributed by atoms with van der Waals surface area (Å²) in [5, 5.41) is 39.2. The molecule has 2 heterocycles. The number of aliphatic hydroxyl groups excluding tert-OH is 1. The smallest absolute Gasteiger partial charge is 0.294 e. The zero-order valence-electron chi connectivity index (χ0n) is 17.9. The second kappa shape index (κ2) is 9.43. The minimum Gasteiger partial charge on any atom is -0.485 e. The summed E-state index contributed by atoms with van der Waals surface area (Å²) >= 11 is 0. The highest BCUT2D eigenvalue weighted by molar-refractivity contribution is 5.80. The van der Waals surface area contributed by atoms with Crippen LogP contribution in [0.3, 0.4) is 0 Å². The number of ether oxygens (including phenoxy) is 1. The zero-order chi connectivity index (χ0) is 24.3. The van der Waals surface area contributed by atoms with E-state index in [1.807, 2.05) is 6.07 Å². The normalized spacial score (nSPS) is 23.0. The number of aliphatic hydroxyl groups is 1. The van der Waals surface area contributed by atoms with E-state index in [1.165, 1.54) is 4.90 Å². The summed E-state index contributed by atoms with van der Waals surface area (Å²) < 4.78 is 5.89. The molecule has 14 heteroatoms. The minimum atomic E-state index is -1.27. The van der Waals surface area contributed by atoms with Crippen molar-refractivity contribution in [1.29, 1.82) is 5.26 Å². The van der Waals surface area contributed by atoms with Crippen molar-refractivity contribution in [3.63, 3.8) is 0 Å². The van der Waals surface area contributed by atoms with Crippen LogP contribution in [0, 0.1) is 31.6 Å². The molecule has 0 bridgehead atoms. The van der Waals surface area contributed by atoms with Crippen molar-refractivity contribution in [2.45, 2.75) is 37.7 Å². The van der Waals surface area contributed by atoms with Crippen LogP contribution in [0.1, 0.15) is 31.0 Å². The first-order valence-corrected chi connectivity index (χ1v) is 10.0. The number of carbonyl (C=O) groups excluding carboxylic acids is 1. The predicted molar refractivity (Wildman–Crippen MR) is 108 cm³/mol. The molecule has 1 amide bonds. The molecule has 0 aliphatic carbocycles. The van der Waals surface area contributed by atoms with Gasteiger partial charge in [0.15, 0.2) is 0 Å². The summed E-state index contributed by atoms with van der Waals surface area (Å²) in [6.45, 7) is 2.84. The number of hydrogen-bond donors (Lipinski definition) is 1. The van der Waals surface area contributed by atoms with Crippen LogP contribution < -0.4 is 4.74 Å². The van der Waals surface area contributed by atoms with Crippen LogP contribution in [0.4, 0.5) is 0 Å². The summed E-state index contributed by atoms with van der Waals surface area (Å²) in [4.78, 5) is 45.8. The molecule has 3 rings (SSSR count). The van der Waals surface area contributed by atoms with E-state index in [9.17, 15) is 35.4 Å². The molecule has 14 nitrogen and oxygen atoms in total. The Bertz CT molecular complexity index is 979. The molecule has 2 aliphatic rings. The van der Waals surface area contributed by atoms with Crippen LogP contribution in [0.5, 0.6) is 5.75 Å². The molecule has 0 radical (unpaired) electrons. The third kappa shape index (κ3) is 5.38. The van der Waals surface area contributed by atoms with E-state index in [1.54, 1.807) is 36.9 Å². The van der Waals surface area contributed by atoms with E-state index in [0.717, 1.165) is 0 Å². The molecule has 1 N–H and O–H groups in total. The molecular weight excluding hydrogens is 442 g/mol. The molecule has 178 valence electrons. The van der Waals surface area contributed by atoms with Gasteiger partial charge in [-0.15, -0.1) is 20.2 Å². The van der Waals surface area contributed by atoms with Gasteiger partial charge in [0.1, 0.15) is 30.2 Å². The monoisotopic (exact) mass is 465 g/mol. The maximum absolute atomic E-state index is 13.0. The lowest BCUT2D eigenvalue weighted by molar-refractivity contribution is -0.789. The van der Waals surface area contributed by atoms with Crippen molar-refractivity contribution >= 4 is 5.91 Å². The maximum Gasteiger partial charge on any atom is 0.294 e. The lowest BCUT2D eigenvalue weighted by Crippen LogP contribution is -2.59. The summed E-state index contributed by atoms with van der Waals surface area (Å²) in [6.07, 6.45) is -2.36. The van der Waals surface area contributed by atoms with Gasteiger partial charge >= 0.3 is 0 Å². The molecule has 1 fully saturated rings. The Morgan fingerprint density at radius 1 is 1.33 bits per heavy atom. The SMILES string of the molecule is CC1(C)Oc2ccc(C#N)cc2[C@@H](N2CCN(CC(CO[N+](=O)[O-])O[N+](=O)[O-])CC2=O)[C@@H]1O. The standard InChI is InChI=1S/C19H23N5O9/c1-19(2)18(26)17(14-7-12(8-20)3-4-15(14)32-19)22-6-5-21(10-16(22)25)9-13(33-24(29)30)11-31-23(27)28/h3-4,7,13,17-18,26H,5-6,9-11H2,1-2H3/t13?,17-,18+/m1/s1. The van der Waals surface area contributed by atoms with Crippen molar-refractivity contribution < 1.29 is 34.5 Å². The predicted octanol–water partition coefficient (Wildman–Crippen LogP) is 0.0607. The highest BCUT2D eigenvalue weighted by Gasteiger charge is 2.47. The fourth-order valence-corrected chi connectivity index (χ4v) is 4.03. The largest absolute Gasteiger partial charge is 0.485 e. The van der Waals surface area contributed by atoms with Crippen molar-refractivity contribution in [1.82, 2.24) is 9.80 Å². The summed E-state index contributed by atoms with van der Waals surface area (Å²) in [5.41, 5.74) is -0.143. The van der Waals surface area contributed by atoms with E-state index >= 15 is 0 Å². The van der Waals surface area contributed by atoms with Gasteiger partial charge in [-0.25, -0.2) is 0 Å². The fourth-order valence-electron chi connectivity index (χ4n) is 4.03. The summed E-state index contributed by atoms with van der Waals surface area (Å²) in [7, 11) is 0. The first-order valence-electron chi connectivity index (χ1n) is 10.0. The zero-order valence-corrected chi connectivity index (χ0v) is 17.9. The first kappa shape index (κ1) is 24.0. The van der Waals surface area contributed by atoms with Crippen LogP contribution in [0.25, 0.3) is 0 Å².